The lowest BCUT2D eigenvalue weighted by molar-refractivity contribution is 0.601. The number of fused-ring (bicyclic) bond motifs is 1. The van der Waals surface area contributed by atoms with Crippen LogP contribution in [0.15, 0.2) is 53.5 Å². The number of amidine groups is 1. The lowest BCUT2D eigenvalue weighted by atomic mass is 10.1. The molecule has 2 aliphatic heterocycles. The fourth-order valence-corrected chi connectivity index (χ4v) is 6.52. The molecule has 0 N–H and O–H groups in total. The number of hydrogen-bond donors (Lipinski definition) is 0. The summed E-state index contributed by atoms with van der Waals surface area (Å²) in [7, 11) is -3.06. The molecular weight excluding hydrogens is 411 g/mol. The van der Waals surface area contributed by atoms with Gasteiger partial charge in [0.1, 0.15) is 0 Å². The molecule has 4 nitrogen and oxygen atoms in total. The lowest BCUT2D eigenvalue weighted by Gasteiger charge is -2.26. The molecular formula is C18H16Cl2N2O2S2. The molecule has 1 saturated heterocycles. The summed E-state index contributed by atoms with van der Waals surface area (Å²) >= 11 is 13.7. The van der Waals surface area contributed by atoms with Crippen LogP contribution in [0.2, 0.25) is 10.0 Å². The zero-order chi connectivity index (χ0) is 18.3. The average Bonchev–Trinajstić information content (AvgIpc) is 3.05. The van der Waals surface area contributed by atoms with Crippen LogP contribution in [0.3, 0.4) is 0 Å². The van der Waals surface area contributed by atoms with Gasteiger partial charge in [-0.1, -0.05) is 53.2 Å². The fraction of sp³-hybridized carbons (Fsp3) is 0.278. The monoisotopic (exact) mass is 426 g/mol. The van der Waals surface area contributed by atoms with Crippen molar-refractivity contribution in [3.63, 3.8) is 0 Å². The van der Waals surface area contributed by atoms with Crippen molar-refractivity contribution in [1.82, 2.24) is 0 Å². The summed E-state index contributed by atoms with van der Waals surface area (Å²) in [6.07, 6.45) is 0. The largest absolute Gasteiger partial charge is 0.315 e. The van der Waals surface area contributed by atoms with Gasteiger partial charge in [0.15, 0.2) is 15.0 Å². The summed E-state index contributed by atoms with van der Waals surface area (Å²) in [6, 6.07) is 14.8. The summed E-state index contributed by atoms with van der Waals surface area (Å²) in [4.78, 5) is 6.75. The van der Waals surface area contributed by atoms with E-state index in [1.807, 2.05) is 53.4 Å². The van der Waals surface area contributed by atoms with Gasteiger partial charge in [-0.25, -0.2) is 8.42 Å². The second-order valence-corrected chi connectivity index (χ2v) is 10.4. The van der Waals surface area contributed by atoms with Crippen LogP contribution >= 0.6 is 35.0 Å². The van der Waals surface area contributed by atoms with Crippen LogP contribution < -0.4 is 4.90 Å². The number of benzene rings is 2. The second kappa shape index (κ2) is 7.08. The molecule has 2 heterocycles. The van der Waals surface area contributed by atoms with Gasteiger partial charge >= 0.3 is 0 Å². The maximum absolute atomic E-state index is 12.1. The van der Waals surface area contributed by atoms with Gasteiger partial charge in [0.05, 0.1) is 23.6 Å². The van der Waals surface area contributed by atoms with Crippen molar-refractivity contribution in [3.05, 3.63) is 64.1 Å². The van der Waals surface area contributed by atoms with E-state index in [0.29, 0.717) is 10.0 Å². The van der Waals surface area contributed by atoms with Gasteiger partial charge < -0.3 is 4.90 Å². The van der Waals surface area contributed by atoms with Crippen LogP contribution in [0.5, 0.6) is 0 Å². The van der Waals surface area contributed by atoms with Gasteiger partial charge in [0.25, 0.3) is 0 Å². The Morgan fingerprint density at radius 2 is 1.85 bits per heavy atom. The van der Waals surface area contributed by atoms with Gasteiger partial charge in [-0.3, -0.25) is 4.99 Å². The Morgan fingerprint density at radius 1 is 1.08 bits per heavy atom. The number of nitrogens with zero attached hydrogens (tertiary/aromatic N) is 2. The smallest absolute Gasteiger partial charge is 0.164 e. The first-order valence-corrected chi connectivity index (χ1v) is 11.7. The minimum Gasteiger partial charge on any atom is -0.315 e. The standard InChI is InChI=1S/C18H16Cl2N2O2S2/c19-13-6-4-12(5-7-13)9-25-18-21-16-10-26(23,24)11-17(16)22(18)15-3-1-2-14(20)8-15/h1-8,16-17H,9-11H2/t16-,17+/m0/s1. The third-order valence-electron chi connectivity index (χ3n) is 4.48. The highest BCUT2D eigenvalue weighted by Crippen LogP contribution is 2.36. The Hall–Kier alpha value is -1.21. The topological polar surface area (TPSA) is 49.7 Å². The molecule has 4 rings (SSSR count). The predicted molar refractivity (Wildman–Crippen MR) is 110 cm³/mol. The molecule has 0 unspecified atom stereocenters. The summed E-state index contributed by atoms with van der Waals surface area (Å²) in [6.45, 7) is 0. The minimum absolute atomic E-state index is 0.111. The van der Waals surface area contributed by atoms with Crippen molar-refractivity contribution < 1.29 is 8.42 Å². The first-order chi connectivity index (χ1) is 12.4. The van der Waals surface area contributed by atoms with Crippen LogP contribution in [0, 0.1) is 0 Å². The lowest BCUT2D eigenvalue weighted by Crippen LogP contribution is -2.39. The molecule has 0 aliphatic carbocycles. The first-order valence-electron chi connectivity index (χ1n) is 8.11. The summed E-state index contributed by atoms with van der Waals surface area (Å²) < 4.78 is 24.1. The highest BCUT2D eigenvalue weighted by atomic mass is 35.5. The summed E-state index contributed by atoms with van der Waals surface area (Å²) in [5.41, 5.74) is 2.02. The molecule has 8 heteroatoms. The zero-order valence-corrected chi connectivity index (χ0v) is 16.8. The Balaban J connectivity index is 1.61. The van der Waals surface area contributed by atoms with E-state index in [-0.39, 0.29) is 23.6 Å². The summed E-state index contributed by atoms with van der Waals surface area (Å²) in [5, 5.41) is 2.17. The van der Waals surface area contributed by atoms with Crippen molar-refractivity contribution >= 4 is 55.7 Å². The minimum atomic E-state index is -3.06. The predicted octanol–water partition coefficient (Wildman–Crippen LogP) is 4.27. The summed E-state index contributed by atoms with van der Waals surface area (Å²) in [5.74, 6) is 0.970. The fourth-order valence-electron chi connectivity index (χ4n) is 3.29. The van der Waals surface area contributed by atoms with E-state index in [1.54, 1.807) is 11.8 Å². The number of anilines is 1. The molecule has 136 valence electrons. The van der Waals surface area contributed by atoms with Crippen molar-refractivity contribution in [2.24, 2.45) is 4.99 Å². The quantitative estimate of drug-likeness (QED) is 0.734. The van der Waals surface area contributed by atoms with Gasteiger partial charge in [0.2, 0.25) is 0 Å². The molecule has 0 bridgehead atoms. The SMILES string of the molecule is O=S1(=O)C[C@@H]2N=C(SCc3ccc(Cl)cc3)N(c3cccc(Cl)c3)[C@@H]2C1. The number of thioether (sulfide) groups is 1. The van der Waals surface area contributed by atoms with Crippen molar-refractivity contribution in [2.45, 2.75) is 17.8 Å². The van der Waals surface area contributed by atoms with Gasteiger partial charge in [0, 0.05) is 21.5 Å². The third kappa shape index (κ3) is 3.74. The van der Waals surface area contributed by atoms with Gasteiger partial charge in [-0.2, -0.15) is 0 Å². The van der Waals surface area contributed by atoms with E-state index in [2.05, 4.69) is 0 Å². The van der Waals surface area contributed by atoms with Crippen LogP contribution in [-0.4, -0.2) is 37.2 Å². The number of halogens is 2. The van der Waals surface area contributed by atoms with Gasteiger partial charge in [-0.05, 0) is 35.9 Å². The van der Waals surface area contributed by atoms with E-state index < -0.39 is 9.84 Å². The molecule has 0 saturated carbocycles. The van der Waals surface area contributed by atoms with E-state index in [9.17, 15) is 8.42 Å². The van der Waals surface area contributed by atoms with Crippen LogP contribution in [-0.2, 0) is 15.6 Å². The third-order valence-corrected chi connectivity index (χ3v) is 7.70. The van der Waals surface area contributed by atoms with E-state index in [0.717, 1.165) is 22.2 Å². The molecule has 2 aromatic carbocycles. The Bertz CT molecular complexity index is 961. The Morgan fingerprint density at radius 3 is 2.58 bits per heavy atom. The van der Waals surface area contributed by atoms with E-state index in [4.69, 9.17) is 28.2 Å². The van der Waals surface area contributed by atoms with Crippen molar-refractivity contribution in [1.29, 1.82) is 0 Å². The van der Waals surface area contributed by atoms with E-state index >= 15 is 0 Å². The second-order valence-electron chi connectivity index (χ2n) is 6.39. The molecule has 0 amide bonds. The molecule has 2 aliphatic rings. The molecule has 26 heavy (non-hydrogen) atoms. The van der Waals surface area contributed by atoms with Crippen LogP contribution in [0.4, 0.5) is 5.69 Å². The number of rotatable bonds is 3. The zero-order valence-electron chi connectivity index (χ0n) is 13.7. The number of aliphatic imine (C=N–C) groups is 1. The first kappa shape index (κ1) is 18.2. The van der Waals surface area contributed by atoms with Crippen molar-refractivity contribution in [2.75, 3.05) is 16.4 Å². The van der Waals surface area contributed by atoms with Crippen LogP contribution in [0.25, 0.3) is 0 Å². The molecule has 0 spiro atoms. The number of sulfone groups is 1. The molecule has 0 aromatic heterocycles. The highest BCUT2D eigenvalue weighted by Gasteiger charge is 2.47. The Labute approximate surface area is 167 Å². The molecule has 2 atom stereocenters. The highest BCUT2D eigenvalue weighted by molar-refractivity contribution is 8.13. The molecule has 1 fully saturated rings. The average molecular weight is 427 g/mol. The van der Waals surface area contributed by atoms with E-state index in [1.165, 1.54) is 0 Å². The maximum atomic E-state index is 12.1. The molecule has 2 aromatic rings. The number of hydrogen-bond acceptors (Lipinski definition) is 5. The van der Waals surface area contributed by atoms with Gasteiger partial charge in [-0.15, -0.1) is 0 Å². The van der Waals surface area contributed by atoms with Crippen molar-refractivity contribution in [3.8, 4) is 0 Å². The normalized spacial score (nSPS) is 23.8. The Kier molecular flexibility index (Phi) is 4.94. The van der Waals surface area contributed by atoms with Crippen LogP contribution in [0.1, 0.15) is 5.56 Å². The maximum Gasteiger partial charge on any atom is 0.164 e. The molecule has 0 radical (unpaired) electrons.